The van der Waals surface area contributed by atoms with Gasteiger partial charge in [0.2, 0.25) is 0 Å². The number of hydrogen-bond donors (Lipinski definition) is 1. The molecule has 1 aliphatic heterocycles. The normalized spacial score (nSPS) is 16.5. The lowest BCUT2D eigenvalue weighted by Gasteiger charge is -2.17. The Kier molecular flexibility index (Phi) is 6.09. The minimum atomic E-state index is -0.131. The third kappa shape index (κ3) is 4.52. The molecule has 1 saturated heterocycles. The first-order chi connectivity index (χ1) is 14.7. The highest BCUT2D eigenvalue weighted by Gasteiger charge is 2.26. The predicted octanol–water partition coefficient (Wildman–Crippen LogP) is 3.23. The highest BCUT2D eigenvalue weighted by Crippen LogP contribution is 2.31. The van der Waals surface area contributed by atoms with Crippen LogP contribution in [-0.4, -0.2) is 46.7 Å². The van der Waals surface area contributed by atoms with Crippen LogP contribution in [0.15, 0.2) is 53.6 Å². The third-order valence-electron chi connectivity index (χ3n) is 5.31. The van der Waals surface area contributed by atoms with E-state index in [-0.39, 0.29) is 11.5 Å². The van der Waals surface area contributed by atoms with Gasteiger partial charge in [0.05, 0.1) is 19.4 Å². The van der Waals surface area contributed by atoms with Crippen molar-refractivity contribution >= 4 is 0 Å². The second-order valence-electron chi connectivity index (χ2n) is 7.40. The van der Waals surface area contributed by atoms with Crippen molar-refractivity contribution < 1.29 is 9.47 Å². The van der Waals surface area contributed by atoms with Crippen LogP contribution in [0.3, 0.4) is 0 Å². The quantitative estimate of drug-likeness (QED) is 0.649. The molecule has 1 unspecified atom stereocenters. The summed E-state index contributed by atoms with van der Waals surface area (Å²) in [5.41, 5.74) is 2.55. The number of aromatic amines is 1. The summed E-state index contributed by atoms with van der Waals surface area (Å²) in [4.78, 5) is 26.4. The predicted molar refractivity (Wildman–Crippen MR) is 115 cm³/mol. The molecule has 0 spiro atoms. The largest absolute Gasteiger partial charge is 0.493 e. The van der Waals surface area contributed by atoms with Gasteiger partial charge in [-0.3, -0.25) is 14.7 Å². The summed E-state index contributed by atoms with van der Waals surface area (Å²) in [5, 5.41) is 0. The van der Waals surface area contributed by atoms with Crippen LogP contribution < -0.4 is 15.0 Å². The molecule has 2 aromatic heterocycles. The summed E-state index contributed by atoms with van der Waals surface area (Å²) < 4.78 is 11.1. The number of rotatable bonds is 7. The molecule has 0 aliphatic carbocycles. The monoisotopic (exact) mass is 406 g/mol. The fourth-order valence-corrected chi connectivity index (χ4v) is 3.88. The lowest BCUT2D eigenvalue weighted by atomic mass is 10.1. The highest BCUT2D eigenvalue weighted by molar-refractivity contribution is 5.57. The molecule has 1 fully saturated rings. The molecule has 1 N–H and O–H groups in total. The van der Waals surface area contributed by atoms with Crippen molar-refractivity contribution in [1.29, 1.82) is 0 Å². The van der Waals surface area contributed by atoms with Gasteiger partial charge in [-0.05, 0) is 49.7 Å². The number of hydrogen-bond acceptors (Lipinski definition) is 6. The SMILES string of the molecule is CCOc1cc(CN2CCC(c3nc(-c4cccnc4)cc(=O)[nH]3)C2)ccc1OC. The lowest BCUT2D eigenvalue weighted by molar-refractivity contribution is 0.305. The van der Waals surface area contributed by atoms with Gasteiger partial charge in [0, 0.05) is 43.0 Å². The molecule has 30 heavy (non-hydrogen) atoms. The highest BCUT2D eigenvalue weighted by atomic mass is 16.5. The number of pyridine rings is 1. The van der Waals surface area contributed by atoms with Crippen LogP contribution in [0.5, 0.6) is 11.5 Å². The summed E-state index contributed by atoms with van der Waals surface area (Å²) in [6.45, 7) is 5.16. The van der Waals surface area contributed by atoms with Gasteiger partial charge >= 0.3 is 0 Å². The molecule has 1 atom stereocenters. The average molecular weight is 406 g/mol. The molecule has 0 radical (unpaired) electrons. The van der Waals surface area contributed by atoms with Crippen molar-refractivity contribution in [1.82, 2.24) is 19.9 Å². The molecule has 3 heterocycles. The Morgan fingerprint density at radius 3 is 2.90 bits per heavy atom. The molecule has 7 nitrogen and oxygen atoms in total. The molecule has 0 saturated carbocycles. The molecule has 1 aliphatic rings. The Labute approximate surface area is 175 Å². The maximum Gasteiger partial charge on any atom is 0.251 e. The van der Waals surface area contributed by atoms with Crippen LogP contribution >= 0.6 is 0 Å². The van der Waals surface area contributed by atoms with Crippen LogP contribution in [-0.2, 0) is 6.54 Å². The van der Waals surface area contributed by atoms with E-state index in [0.717, 1.165) is 48.9 Å². The van der Waals surface area contributed by atoms with Crippen molar-refractivity contribution in [3.8, 4) is 22.8 Å². The zero-order chi connectivity index (χ0) is 20.9. The Balaban J connectivity index is 1.48. The van der Waals surface area contributed by atoms with Gasteiger partial charge in [-0.25, -0.2) is 4.98 Å². The number of methoxy groups -OCH3 is 1. The number of benzene rings is 1. The van der Waals surface area contributed by atoms with Crippen LogP contribution in [0.2, 0.25) is 0 Å². The molecule has 7 heteroatoms. The second-order valence-corrected chi connectivity index (χ2v) is 7.40. The standard InChI is InChI=1S/C23H26N4O3/c1-3-30-21-11-16(6-7-20(21)29-2)14-27-10-8-18(15-27)23-25-19(12-22(28)26-23)17-5-4-9-24-13-17/h4-7,9,11-13,18H,3,8,10,14-15H2,1-2H3,(H,25,26,28). The molecular formula is C23H26N4O3. The maximum absolute atomic E-state index is 12.2. The van der Waals surface area contributed by atoms with E-state index in [1.807, 2.05) is 31.2 Å². The Morgan fingerprint density at radius 2 is 2.13 bits per heavy atom. The summed E-state index contributed by atoms with van der Waals surface area (Å²) in [5.74, 6) is 2.45. The smallest absolute Gasteiger partial charge is 0.251 e. The number of nitrogens with zero attached hydrogens (tertiary/aromatic N) is 3. The van der Waals surface area contributed by atoms with Crippen LogP contribution in [0.25, 0.3) is 11.3 Å². The number of aromatic nitrogens is 3. The zero-order valence-electron chi connectivity index (χ0n) is 17.3. The molecule has 0 bridgehead atoms. The van der Waals surface area contributed by atoms with Crippen molar-refractivity contribution in [2.24, 2.45) is 0 Å². The Hall–Kier alpha value is -3.19. The Morgan fingerprint density at radius 1 is 1.23 bits per heavy atom. The first-order valence-corrected chi connectivity index (χ1v) is 10.2. The van der Waals surface area contributed by atoms with Gasteiger partial charge in [0.15, 0.2) is 11.5 Å². The van der Waals surface area contributed by atoms with Gasteiger partial charge in [-0.15, -0.1) is 0 Å². The van der Waals surface area contributed by atoms with Crippen LogP contribution in [0.1, 0.15) is 30.7 Å². The van der Waals surface area contributed by atoms with E-state index in [0.29, 0.717) is 12.3 Å². The molecule has 0 amide bonds. The average Bonchev–Trinajstić information content (AvgIpc) is 3.23. The molecule has 4 rings (SSSR count). The summed E-state index contributed by atoms with van der Waals surface area (Å²) in [7, 11) is 1.65. The van der Waals surface area contributed by atoms with E-state index in [2.05, 4.69) is 20.9 Å². The fourth-order valence-electron chi connectivity index (χ4n) is 3.88. The summed E-state index contributed by atoms with van der Waals surface area (Å²) >= 11 is 0. The van der Waals surface area contributed by atoms with Gasteiger partial charge in [-0.2, -0.15) is 0 Å². The summed E-state index contributed by atoms with van der Waals surface area (Å²) in [6, 6.07) is 11.3. The fraction of sp³-hybridized carbons (Fsp3) is 0.348. The van der Waals surface area contributed by atoms with E-state index in [1.165, 1.54) is 11.6 Å². The van der Waals surface area contributed by atoms with Crippen molar-refractivity contribution in [3.05, 3.63) is 70.5 Å². The number of nitrogens with one attached hydrogen (secondary N) is 1. The van der Waals surface area contributed by atoms with Crippen molar-refractivity contribution in [3.63, 3.8) is 0 Å². The number of H-pyrrole nitrogens is 1. The summed E-state index contributed by atoms with van der Waals surface area (Å²) in [6.07, 6.45) is 4.39. The Bertz CT molecular complexity index is 1050. The van der Waals surface area contributed by atoms with Gasteiger partial charge in [-0.1, -0.05) is 6.07 Å². The molecular weight excluding hydrogens is 380 g/mol. The maximum atomic E-state index is 12.2. The van der Waals surface area contributed by atoms with Crippen molar-refractivity contribution in [2.75, 3.05) is 26.8 Å². The van der Waals surface area contributed by atoms with Crippen molar-refractivity contribution in [2.45, 2.75) is 25.8 Å². The minimum Gasteiger partial charge on any atom is -0.493 e. The van der Waals surface area contributed by atoms with E-state index >= 15 is 0 Å². The molecule has 3 aromatic rings. The zero-order valence-corrected chi connectivity index (χ0v) is 17.3. The molecule has 1 aromatic carbocycles. The topological polar surface area (TPSA) is 80.3 Å². The lowest BCUT2D eigenvalue weighted by Crippen LogP contribution is -2.21. The van der Waals surface area contributed by atoms with Gasteiger partial charge < -0.3 is 14.5 Å². The van der Waals surface area contributed by atoms with Crippen LogP contribution in [0.4, 0.5) is 0 Å². The van der Waals surface area contributed by atoms with E-state index < -0.39 is 0 Å². The minimum absolute atomic E-state index is 0.131. The van der Waals surface area contributed by atoms with Gasteiger partial charge in [0.1, 0.15) is 5.82 Å². The second kappa shape index (κ2) is 9.09. The van der Waals surface area contributed by atoms with Gasteiger partial charge in [0.25, 0.3) is 5.56 Å². The van der Waals surface area contributed by atoms with E-state index in [1.54, 1.807) is 19.5 Å². The van der Waals surface area contributed by atoms with E-state index in [9.17, 15) is 4.79 Å². The number of ether oxygens (including phenoxy) is 2. The first kappa shape index (κ1) is 20.1. The third-order valence-corrected chi connectivity index (χ3v) is 5.31. The van der Waals surface area contributed by atoms with E-state index in [4.69, 9.17) is 14.5 Å². The number of likely N-dealkylation sites (tertiary alicyclic amines) is 1. The first-order valence-electron chi connectivity index (χ1n) is 10.2. The molecule has 156 valence electrons. The van der Waals surface area contributed by atoms with Crippen LogP contribution in [0, 0.1) is 0 Å².